The third-order valence-corrected chi connectivity index (χ3v) is 3.00. The van der Waals surface area contributed by atoms with Crippen molar-refractivity contribution in [1.29, 1.82) is 0 Å². The van der Waals surface area contributed by atoms with E-state index in [1.54, 1.807) is 0 Å². The van der Waals surface area contributed by atoms with Gasteiger partial charge in [0.15, 0.2) is 0 Å². The molecule has 2 rings (SSSR count). The van der Waals surface area contributed by atoms with E-state index in [0.717, 1.165) is 30.1 Å². The van der Waals surface area contributed by atoms with E-state index < -0.39 is 0 Å². The number of benzene rings is 1. The number of imidazole rings is 1. The van der Waals surface area contributed by atoms with Crippen molar-refractivity contribution in [2.45, 2.75) is 20.4 Å². The van der Waals surface area contributed by atoms with Crippen LogP contribution >= 0.6 is 0 Å². The number of rotatable bonds is 5. The molecule has 1 aromatic carbocycles. The van der Waals surface area contributed by atoms with Crippen molar-refractivity contribution in [3.8, 4) is 0 Å². The van der Waals surface area contributed by atoms with E-state index in [1.807, 2.05) is 24.3 Å². The van der Waals surface area contributed by atoms with E-state index in [4.69, 9.17) is 0 Å². The van der Waals surface area contributed by atoms with E-state index in [2.05, 4.69) is 28.3 Å². The molecule has 0 fully saturated rings. The molecule has 0 aliphatic rings. The standard InChI is InChI=1S/C13H19N3O/c1-3-15(4-2)13-14-11-7-5-6-8-12(11)16(13)9-10-17/h5-8,17H,3-4,9-10H2,1-2H3. The minimum Gasteiger partial charge on any atom is -0.395 e. The third-order valence-electron chi connectivity index (χ3n) is 3.00. The zero-order valence-corrected chi connectivity index (χ0v) is 10.4. The Labute approximate surface area is 101 Å². The van der Waals surface area contributed by atoms with Gasteiger partial charge in [-0.15, -0.1) is 0 Å². The highest BCUT2D eigenvalue weighted by atomic mass is 16.3. The summed E-state index contributed by atoms with van der Waals surface area (Å²) >= 11 is 0. The number of aliphatic hydroxyl groups is 1. The SMILES string of the molecule is CCN(CC)c1nc2ccccc2n1CCO. The fourth-order valence-corrected chi connectivity index (χ4v) is 2.13. The number of hydrogen-bond acceptors (Lipinski definition) is 3. The fraction of sp³-hybridized carbons (Fsp3) is 0.462. The Morgan fingerprint density at radius 3 is 2.59 bits per heavy atom. The van der Waals surface area contributed by atoms with Crippen LogP contribution in [0.3, 0.4) is 0 Å². The van der Waals surface area contributed by atoms with Crippen molar-refractivity contribution in [2.24, 2.45) is 0 Å². The van der Waals surface area contributed by atoms with Crippen LogP contribution in [0.15, 0.2) is 24.3 Å². The van der Waals surface area contributed by atoms with Gasteiger partial charge in [0.05, 0.1) is 17.6 Å². The van der Waals surface area contributed by atoms with E-state index in [0.29, 0.717) is 6.54 Å². The number of nitrogens with zero attached hydrogens (tertiary/aromatic N) is 3. The van der Waals surface area contributed by atoms with Gasteiger partial charge in [-0.3, -0.25) is 0 Å². The zero-order valence-electron chi connectivity index (χ0n) is 10.4. The molecule has 0 saturated carbocycles. The molecule has 0 aliphatic heterocycles. The van der Waals surface area contributed by atoms with Crippen LogP contribution in [0.4, 0.5) is 5.95 Å². The molecule has 17 heavy (non-hydrogen) atoms. The Balaban J connectivity index is 2.56. The number of aliphatic hydroxyl groups excluding tert-OH is 1. The van der Waals surface area contributed by atoms with Crippen LogP contribution < -0.4 is 4.90 Å². The maximum Gasteiger partial charge on any atom is 0.206 e. The average molecular weight is 233 g/mol. The van der Waals surface area contributed by atoms with Crippen molar-refractivity contribution >= 4 is 17.0 Å². The molecule has 0 aliphatic carbocycles. The first-order valence-electron chi connectivity index (χ1n) is 6.12. The van der Waals surface area contributed by atoms with Gasteiger partial charge in [0.25, 0.3) is 0 Å². The normalized spacial score (nSPS) is 11.0. The van der Waals surface area contributed by atoms with Crippen molar-refractivity contribution in [1.82, 2.24) is 9.55 Å². The highest BCUT2D eigenvalue weighted by Crippen LogP contribution is 2.22. The quantitative estimate of drug-likeness (QED) is 0.857. The molecule has 0 atom stereocenters. The lowest BCUT2D eigenvalue weighted by molar-refractivity contribution is 0.278. The molecule has 4 heteroatoms. The second-order valence-corrected chi connectivity index (χ2v) is 3.95. The van der Waals surface area contributed by atoms with Crippen molar-refractivity contribution in [3.63, 3.8) is 0 Å². The summed E-state index contributed by atoms with van der Waals surface area (Å²) in [6.45, 7) is 6.80. The first-order valence-corrected chi connectivity index (χ1v) is 6.12. The van der Waals surface area contributed by atoms with E-state index >= 15 is 0 Å². The molecule has 0 saturated heterocycles. The van der Waals surface area contributed by atoms with E-state index in [1.165, 1.54) is 0 Å². The highest BCUT2D eigenvalue weighted by molar-refractivity contribution is 5.78. The smallest absolute Gasteiger partial charge is 0.206 e. The van der Waals surface area contributed by atoms with E-state index in [9.17, 15) is 5.11 Å². The Hall–Kier alpha value is -1.55. The summed E-state index contributed by atoms with van der Waals surface area (Å²) in [5.74, 6) is 0.949. The molecule has 0 amide bonds. The van der Waals surface area contributed by atoms with Crippen molar-refractivity contribution in [3.05, 3.63) is 24.3 Å². The second kappa shape index (κ2) is 5.19. The fourth-order valence-electron chi connectivity index (χ4n) is 2.13. The summed E-state index contributed by atoms with van der Waals surface area (Å²) in [4.78, 5) is 6.86. The van der Waals surface area contributed by atoms with Gasteiger partial charge < -0.3 is 14.6 Å². The second-order valence-electron chi connectivity index (χ2n) is 3.95. The van der Waals surface area contributed by atoms with E-state index in [-0.39, 0.29) is 6.61 Å². The molecular weight excluding hydrogens is 214 g/mol. The first-order chi connectivity index (χ1) is 8.31. The minimum atomic E-state index is 0.134. The molecule has 92 valence electrons. The summed E-state index contributed by atoms with van der Waals surface area (Å²) in [5, 5.41) is 9.18. The molecule has 0 unspecified atom stereocenters. The van der Waals surface area contributed by atoms with Gasteiger partial charge in [0.2, 0.25) is 5.95 Å². The van der Waals surface area contributed by atoms with Crippen molar-refractivity contribution in [2.75, 3.05) is 24.6 Å². The first kappa shape index (κ1) is 11.9. The largest absolute Gasteiger partial charge is 0.395 e. The number of aromatic nitrogens is 2. The van der Waals surface area contributed by atoms with Crippen LogP contribution in [0.2, 0.25) is 0 Å². The third kappa shape index (κ3) is 2.13. The number of anilines is 1. The van der Waals surface area contributed by atoms with Gasteiger partial charge in [-0.05, 0) is 26.0 Å². The summed E-state index contributed by atoms with van der Waals surface area (Å²) in [5.41, 5.74) is 2.08. The predicted molar refractivity (Wildman–Crippen MR) is 70.4 cm³/mol. The van der Waals surface area contributed by atoms with Crippen LogP contribution in [-0.4, -0.2) is 34.4 Å². The van der Waals surface area contributed by atoms with Gasteiger partial charge >= 0.3 is 0 Å². The van der Waals surface area contributed by atoms with Gasteiger partial charge in [-0.25, -0.2) is 4.98 Å². The van der Waals surface area contributed by atoms with Gasteiger partial charge in [0, 0.05) is 19.6 Å². The lowest BCUT2D eigenvalue weighted by atomic mass is 10.3. The van der Waals surface area contributed by atoms with Crippen LogP contribution in [0.5, 0.6) is 0 Å². The monoisotopic (exact) mass is 233 g/mol. The van der Waals surface area contributed by atoms with Crippen LogP contribution in [-0.2, 0) is 6.54 Å². The average Bonchev–Trinajstić information content (AvgIpc) is 2.71. The molecular formula is C13H19N3O. The number of fused-ring (bicyclic) bond motifs is 1. The van der Waals surface area contributed by atoms with Gasteiger partial charge in [-0.2, -0.15) is 0 Å². The Morgan fingerprint density at radius 1 is 1.24 bits per heavy atom. The molecule has 0 bridgehead atoms. The summed E-state index contributed by atoms with van der Waals surface area (Å²) in [6.07, 6.45) is 0. The topological polar surface area (TPSA) is 41.3 Å². The van der Waals surface area contributed by atoms with Gasteiger partial charge in [-0.1, -0.05) is 12.1 Å². The zero-order chi connectivity index (χ0) is 12.3. The highest BCUT2D eigenvalue weighted by Gasteiger charge is 2.13. The lowest BCUT2D eigenvalue weighted by Crippen LogP contribution is -2.26. The Kier molecular flexibility index (Phi) is 3.64. The maximum absolute atomic E-state index is 9.18. The lowest BCUT2D eigenvalue weighted by Gasteiger charge is -2.20. The minimum absolute atomic E-state index is 0.134. The molecule has 2 aromatic rings. The predicted octanol–water partition coefficient (Wildman–Crippen LogP) is 1.87. The number of para-hydroxylation sites is 2. The van der Waals surface area contributed by atoms with Crippen LogP contribution in [0.25, 0.3) is 11.0 Å². The summed E-state index contributed by atoms with van der Waals surface area (Å²) < 4.78 is 2.09. The maximum atomic E-state index is 9.18. The molecule has 1 N–H and O–H groups in total. The molecule has 1 aromatic heterocycles. The van der Waals surface area contributed by atoms with Crippen molar-refractivity contribution < 1.29 is 5.11 Å². The number of hydrogen-bond donors (Lipinski definition) is 1. The molecule has 0 radical (unpaired) electrons. The Bertz CT molecular complexity index is 488. The summed E-state index contributed by atoms with van der Waals surface area (Å²) in [6, 6.07) is 8.05. The molecule has 1 heterocycles. The molecule has 0 spiro atoms. The molecule has 4 nitrogen and oxygen atoms in total. The van der Waals surface area contributed by atoms with Crippen LogP contribution in [0.1, 0.15) is 13.8 Å². The van der Waals surface area contributed by atoms with Gasteiger partial charge in [0.1, 0.15) is 0 Å². The van der Waals surface area contributed by atoms with Crippen LogP contribution in [0, 0.1) is 0 Å². The Morgan fingerprint density at radius 2 is 1.94 bits per heavy atom. The summed E-state index contributed by atoms with van der Waals surface area (Å²) in [7, 11) is 0.